The molecule has 0 aliphatic carbocycles. The van der Waals surface area contributed by atoms with Crippen molar-refractivity contribution in [1.29, 1.82) is 0 Å². The van der Waals surface area contributed by atoms with Gasteiger partial charge in [-0.2, -0.15) is 0 Å². The van der Waals surface area contributed by atoms with Gasteiger partial charge in [0.05, 0.1) is 12.7 Å². The average Bonchev–Trinajstić information content (AvgIpc) is 2.89. The predicted octanol–water partition coefficient (Wildman–Crippen LogP) is -0.701. The minimum atomic E-state index is -1.68. The number of benzene rings is 2. The summed E-state index contributed by atoms with van der Waals surface area (Å²) in [5.74, 6) is 0.0854. The first-order valence-corrected chi connectivity index (χ1v) is 12.0. The molecular weight excluding hydrogens is 504 g/mol. The summed E-state index contributed by atoms with van der Waals surface area (Å²) >= 11 is 0. The summed E-state index contributed by atoms with van der Waals surface area (Å²) in [7, 11) is 0. The van der Waals surface area contributed by atoms with Crippen LogP contribution in [-0.2, 0) is 14.2 Å². The molecule has 2 aromatic carbocycles. The van der Waals surface area contributed by atoms with Gasteiger partial charge < -0.3 is 59.8 Å². The highest BCUT2D eigenvalue weighted by atomic mass is 16.7. The maximum absolute atomic E-state index is 10.4. The second-order valence-corrected chi connectivity index (χ2v) is 9.33. The van der Waals surface area contributed by atoms with Crippen molar-refractivity contribution >= 4 is 12.2 Å². The zero-order valence-electron chi connectivity index (χ0n) is 20.4. The van der Waals surface area contributed by atoms with E-state index in [0.29, 0.717) is 5.56 Å². The molecule has 0 radical (unpaired) electrons. The van der Waals surface area contributed by atoms with Gasteiger partial charge in [0.2, 0.25) is 6.29 Å². The van der Waals surface area contributed by atoms with E-state index in [0.717, 1.165) is 5.56 Å². The lowest BCUT2D eigenvalue weighted by molar-refractivity contribution is -0.318. The third-order valence-corrected chi connectivity index (χ3v) is 6.43. The molecule has 0 aromatic heterocycles. The molecule has 2 saturated heterocycles. The molecule has 0 amide bonds. The summed E-state index contributed by atoms with van der Waals surface area (Å²) < 4.78 is 22.1. The zero-order chi connectivity index (χ0) is 27.6. The van der Waals surface area contributed by atoms with Gasteiger partial charge in [0, 0.05) is 6.07 Å². The molecule has 2 fully saturated rings. The molecular formula is C26H32O12. The summed E-state index contributed by atoms with van der Waals surface area (Å²) in [6.07, 6.45) is -10.8. The minimum Gasteiger partial charge on any atom is -0.508 e. The Bertz CT molecular complexity index is 1090. The van der Waals surface area contributed by atoms with Gasteiger partial charge in [-0.15, -0.1) is 0 Å². The molecule has 10 atom stereocenters. The molecule has 0 spiro atoms. The number of aliphatic hydroxyl groups is 6. The van der Waals surface area contributed by atoms with E-state index in [9.17, 15) is 40.9 Å². The van der Waals surface area contributed by atoms with Crippen LogP contribution in [0.1, 0.15) is 18.1 Å². The molecule has 38 heavy (non-hydrogen) atoms. The number of phenols is 2. The maximum Gasteiger partial charge on any atom is 0.229 e. The van der Waals surface area contributed by atoms with Crippen molar-refractivity contribution in [2.24, 2.45) is 0 Å². The van der Waals surface area contributed by atoms with E-state index < -0.39 is 68.0 Å². The van der Waals surface area contributed by atoms with Gasteiger partial charge in [0.25, 0.3) is 0 Å². The van der Waals surface area contributed by atoms with E-state index >= 15 is 0 Å². The molecule has 0 bridgehead atoms. The van der Waals surface area contributed by atoms with Crippen LogP contribution >= 0.6 is 0 Å². The molecule has 0 unspecified atom stereocenters. The monoisotopic (exact) mass is 536 g/mol. The molecule has 8 N–H and O–H groups in total. The topological polar surface area (TPSA) is 199 Å². The molecule has 4 rings (SSSR count). The van der Waals surface area contributed by atoms with Gasteiger partial charge >= 0.3 is 0 Å². The largest absolute Gasteiger partial charge is 0.508 e. The maximum atomic E-state index is 10.4. The van der Waals surface area contributed by atoms with Gasteiger partial charge in [0.1, 0.15) is 60.0 Å². The lowest BCUT2D eigenvalue weighted by Crippen LogP contribution is -2.61. The number of phenolic OH excluding ortho intramolecular Hbond substituents is 2. The number of aromatic hydroxyl groups is 2. The van der Waals surface area contributed by atoms with E-state index in [2.05, 4.69) is 0 Å². The first kappa shape index (κ1) is 28.2. The van der Waals surface area contributed by atoms with Crippen LogP contribution in [0, 0.1) is 0 Å². The lowest BCUT2D eigenvalue weighted by Gasteiger charge is -2.42. The van der Waals surface area contributed by atoms with Crippen molar-refractivity contribution in [3.63, 3.8) is 0 Å². The summed E-state index contributed by atoms with van der Waals surface area (Å²) in [5, 5.41) is 80.6. The van der Waals surface area contributed by atoms with Gasteiger partial charge in [0.15, 0.2) is 6.29 Å². The second kappa shape index (κ2) is 11.9. The van der Waals surface area contributed by atoms with Crippen LogP contribution in [0.25, 0.3) is 12.2 Å². The normalized spacial score (nSPS) is 35.9. The molecule has 12 nitrogen and oxygen atoms in total. The SMILES string of the molecule is C[C@@H]1O[C@@H](OC[C@H]2O[C@@H](Oc3cc(O)cc(C=Cc4ccc(O)cc4)c3)[C@H](O)[C@@H](O)[C@@H]2O)[C@H](O)[C@H](O)[C@H]1O. The van der Waals surface area contributed by atoms with E-state index in [1.807, 2.05) is 0 Å². The molecule has 0 saturated carbocycles. The minimum absolute atomic E-state index is 0.0969. The highest BCUT2D eigenvalue weighted by Crippen LogP contribution is 2.29. The fraction of sp³-hybridized carbons (Fsp3) is 0.462. The van der Waals surface area contributed by atoms with Crippen molar-refractivity contribution in [1.82, 2.24) is 0 Å². The first-order valence-electron chi connectivity index (χ1n) is 12.0. The Morgan fingerprint density at radius 2 is 1.32 bits per heavy atom. The first-order chi connectivity index (χ1) is 18.0. The summed E-state index contributed by atoms with van der Waals surface area (Å²) in [6, 6.07) is 10.8. The third-order valence-electron chi connectivity index (χ3n) is 6.43. The number of hydrogen-bond acceptors (Lipinski definition) is 12. The molecule has 208 valence electrons. The standard InChI is InChI=1S/C26H32O12/c1-12-19(29)21(31)23(33)25(36-12)35-11-18-20(30)22(32)24(34)26(38-18)37-17-9-14(8-16(28)10-17)3-2-13-4-6-15(27)7-5-13/h2-10,12,18-34H,11H2,1H3/t12-,18+,19-,20+,21+,22-,23+,24+,25+,26+/m0/s1. The smallest absolute Gasteiger partial charge is 0.229 e. The Kier molecular flexibility index (Phi) is 8.88. The fourth-order valence-corrected chi connectivity index (χ4v) is 4.17. The molecule has 2 aromatic rings. The Morgan fingerprint density at radius 1 is 0.684 bits per heavy atom. The number of aliphatic hydroxyl groups excluding tert-OH is 6. The van der Waals surface area contributed by atoms with Gasteiger partial charge in [-0.05, 0) is 42.3 Å². The molecule has 2 aliphatic rings. The average molecular weight is 537 g/mol. The third kappa shape index (κ3) is 6.43. The van der Waals surface area contributed by atoms with Crippen LogP contribution in [-0.4, -0.2) is 109 Å². The Morgan fingerprint density at radius 3 is 2.03 bits per heavy atom. The van der Waals surface area contributed by atoms with Crippen LogP contribution in [0.15, 0.2) is 42.5 Å². The number of rotatable bonds is 7. The van der Waals surface area contributed by atoms with E-state index in [1.54, 1.807) is 30.4 Å². The summed E-state index contributed by atoms with van der Waals surface area (Å²) in [6.45, 7) is 1.05. The van der Waals surface area contributed by atoms with Gasteiger partial charge in [-0.1, -0.05) is 24.3 Å². The van der Waals surface area contributed by atoms with Crippen molar-refractivity contribution in [2.75, 3.05) is 6.61 Å². The molecule has 12 heteroatoms. The Balaban J connectivity index is 1.43. The van der Waals surface area contributed by atoms with Crippen molar-refractivity contribution in [2.45, 2.75) is 68.3 Å². The van der Waals surface area contributed by atoms with Crippen molar-refractivity contribution in [3.05, 3.63) is 53.6 Å². The van der Waals surface area contributed by atoms with Gasteiger partial charge in [-0.3, -0.25) is 0 Å². The number of ether oxygens (including phenoxy) is 4. The summed E-state index contributed by atoms with van der Waals surface area (Å²) in [4.78, 5) is 0. The van der Waals surface area contributed by atoms with Crippen LogP contribution in [0.5, 0.6) is 17.2 Å². The highest BCUT2D eigenvalue weighted by Gasteiger charge is 2.47. The number of hydrogen-bond donors (Lipinski definition) is 8. The van der Waals surface area contributed by atoms with E-state index in [1.165, 1.54) is 31.2 Å². The van der Waals surface area contributed by atoms with E-state index in [4.69, 9.17) is 18.9 Å². The second-order valence-electron chi connectivity index (χ2n) is 9.33. The Labute approximate surface area is 218 Å². The quantitative estimate of drug-likeness (QED) is 0.207. The Hall–Kier alpha value is -2.78. The highest BCUT2D eigenvalue weighted by molar-refractivity contribution is 5.71. The predicted molar refractivity (Wildman–Crippen MR) is 131 cm³/mol. The van der Waals surface area contributed by atoms with E-state index in [-0.39, 0.29) is 17.2 Å². The van der Waals surface area contributed by atoms with Crippen LogP contribution in [0.3, 0.4) is 0 Å². The van der Waals surface area contributed by atoms with Gasteiger partial charge in [-0.25, -0.2) is 0 Å². The van der Waals surface area contributed by atoms with Crippen molar-refractivity contribution in [3.8, 4) is 17.2 Å². The molecule has 2 aliphatic heterocycles. The lowest BCUT2D eigenvalue weighted by atomic mass is 9.98. The van der Waals surface area contributed by atoms with Crippen LogP contribution < -0.4 is 4.74 Å². The zero-order valence-corrected chi connectivity index (χ0v) is 20.4. The van der Waals surface area contributed by atoms with Crippen LogP contribution in [0.4, 0.5) is 0 Å². The van der Waals surface area contributed by atoms with Crippen molar-refractivity contribution < 1.29 is 59.8 Å². The summed E-state index contributed by atoms with van der Waals surface area (Å²) in [5.41, 5.74) is 1.33. The van der Waals surface area contributed by atoms with Crippen LogP contribution in [0.2, 0.25) is 0 Å². The fourth-order valence-electron chi connectivity index (χ4n) is 4.17. The molecule has 2 heterocycles.